The van der Waals surface area contributed by atoms with E-state index in [0.717, 1.165) is 17.3 Å². The SMILES string of the molecule is NC(=O)c1cc(Br)cc(OC2CCC2)c1. The van der Waals surface area contributed by atoms with Gasteiger partial charge in [0.05, 0.1) is 6.10 Å². The van der Waals surface area contributed by atoms with E-state index in [1.54, 1.807) is 12.1 Å². The van der Waals surface area contributed by atoms with E-state index >= 15 is 0 Å². The van der Waals surface area contributed by atoms with Crippen molar-refractivity contribution < 1.29 is 9.53 Å². The second-order valence-electron chi connectivity index (χ2n) is 3.71. The first-order chi connectivity index (χ1) is 7.15. The quantitative estimate of drug-likeness (QED) is 0.917. The van der Waals surface area contributed by atoms with Crippen molar-refractivity contribution in [3.05, 3.63) is 28.2 Å². The molecule has 4 heteroatoms. The molecule has 0 spiro atoms. The van der Waals surface area contributed by atoms with E-state index < -0.39 is 5.91 Å². The Morgan fingerprint density at radius 2 is 2.13 bits per heavy atom. The minimum Gasteiger partial charge on any atom is -0.490 e. The highest BCUT2D eigenvalue weighted by molar-refractivity contribution is 9.10. The number of hydrogen-bond acceptors (Lipinski definition) is 2. The van der Waals surface area contributed by atoms with Gasteiger partial charge in [-0.2, -0.15) is 0 Å². The molecule has 1 aromatic carbocycles. The molecule has 0 unspecified atom stereocenters. The minimum atomic E-state index is -0.435. The molecule has 80 valence electrons. The molecule has 15 heavy (non-hydrogen) atoms. The van der Waals surface area contributed by atoms with Crippen LogP contribution in [0.5, 0.6) is 5.75 Å². The Morgan fingerprint density at radius 3 is 2.67 bits per heavy atom. The van der Waals surface area contributed by atoms with Crippen LogP contribution in [-0.2, 0) is 0 Å². The molecule has 1 fully saturated rings. The van der Waals surface area contributed by atoms with Crippen LogP contribution in [0.1, 0.15) is 29.6 Å². The van der Waals surface area contributed by atoms with Crippen LogP contribution in [0.25, 0.3) is 0 Å². The molecule has 3 nitrogen and oxygen atoms in total. The molecular weight excluding hydrogens is 258 g/mol. The summed E-state index contributed by atoms with van der Waals surface area (Å²) in [4.78, 5) is 11.0. The Kier molecular flexibility index (Phi) is 2.95. The molecule has 1 saturated carbocycles. The van der Waals surface area contributed by atoms with E-state index in [1.165, 1.54) is 6.42 Å². The molecule has 2 rings (SSSR count). The van der Waals surface area contributed by atoms with Crippen LogP contribution >= 0.6 is 15.9 Å². The Labute approximate surface area is 96.7 Å². The van der Waals surface area contributed by atoms with E-state index in [1.807, 2.05) is 6.07 Å². The first-order valence-electron chi connectivity index (χ1n) is 4.92. The van der Waals surface area contributed by atoms with Crippen molar-refractivity contribution in [3.63, 3.8) is 0 Å². The number of ether oxygens (including phenoxy) is 1. The number of carbonyl (C=O) groups is 1. The van der Waals surface area contributed by atoms with Crippen molar-refractivity contribution in [2.75, 3.05) is 0 Å². The second-order valence-corrected chi connectivity index (χ2v) is 4.63. The molecule has 0 radical (unpaired) electrons. The Balaban J connectivity index is 2.18. The van der Waals surface area contributed by atoms with Crippen molar-refractivity contribution in [2.24, 2.45) is 5.73 Å². The molecule has 0 bridgehead atoms. The first kappa shape index (κ1) is 10.5. The van der Waals surface area contributed by atoms with Gasteiger partial charge < -0.3 is 10.5 Å². The highest BCUT2D eigenvalue weighted by Gasteiger charge is 2.19. The summed E-state index contributed by atoms with van der Waals surface area (Å²) in [5.74, 6) is 0.276. The molecule has 0 atom stereocenters. The maximum atomic E-state index is 11.0. The summed E-state index contributed by atoms with van der Waals surface area (Å²) in [6.45, 7) is 0. The van der Waals surface area contributed by atoms with Gasteiger partial charge in [-0.3, -0.25) is 4.79 Å². The van der Waals surface area contributed by atoms with Crippen LogP contribution in [0, 0.1) is 0 Å². The van der Waals surface area contributed by atoms with Crippen LogP contribution in [0.2, 0.25) is 0 Å². The fraction of sp³-hybridized carbons (Fsp3) is 0.364. The third kappa shape index (κ3) is 2.50. The molecule has 0 aliphatic heterocycles. The molecule has 0 aromatic heterocycles. The molecule has 1 aromatic rings. The lowest BCUT2D eigenvalue weighted by Gasteiger charge is -2.26. The van der Waals surface area contributed by atoms with Crippen molar-refractivity contribution in [1.29, 1.82) is 0 Å². The van der Waals surface area contributed by atoms with Gasteiger partial charge in [0.25, 0.3) is 0 Å². The zero-order valence-electron chi connectivity index (χ0n) is 8.20. The molecular formula is C11H12BrNO2. The fourth-order valence-corrected chi connectivity index (χ4v) is 1.93. The third-order valence-electron chi connectivity index (χ3n) is 2.51. The zero-order chi connectivity index (χ0) is 10.8. The summed E-state index contributed by atoms with van der Waals surface area (Å²) in [7, 11) is 0. The summed E-state index contributed by atoms with van der Waals surface area (Å²) < 4.78 is 6.50. The van der Waals surface area contributed by atoms with Gasteiger partial charge in [-0.15, -0.1) is 0 Å². The zero-order valence-corrected chi connectivity index (χ0v) is 9.79. The van der Waals surface area contributed by atoms with Gasteiger partial charge >= 0.3 is 0 Å². The standard InChI is InChI=1S/C11H12BrNO2/c12-8-4-7(11(13)14)5-10(6-8)15-9-2-1-3-9/h4-6,9H,1-3H2,(H2,13,14). The summed E-state index contributed by atoms with van der Waals surface area (Å²) >= 11 is 3.32. The van der Waals surface area contributed by atoms with E-state index in [-0.39, 0.29) is 0 Å². The summed E-state index contributed by atoms with van der Waals surface area (Å²) in [6, 6.07) is 5.23. The topological polar surface area (TPSA) is 52.3 Å². The lowest BCUT2D eigenvalue weighted by Crippen LogP contribution is -2.24. The van der Waals surface area contributed by atoms with Crippen molar-refractivity contribution in [2.45, 2.75) is 25.4 Å². The summed E-state index contributed by atoms with van der Waals surface area (Å²) in [5, 5.41) is 0. The number of benzene rings is 1. The Morgan fingerprint density at radius 1 is 1.40 bits per heavy atom. The summed E-state index contributed by atoms with van der Waals surface area (Å²) in [5.41, 5.74) is 5.68. The van der Waals surface area contributed by atoms with E-state index in [9.17, 15) is 4.79 Å². The van der Waals surface area contributed by atoms with Crippen LogP contribution in [-0.4, -0.2) is 12.0 Å². The lowest BCUT2D eigenvalue weighted by molar-refractivity contribution is 0.0996. The first-order valence-corrected chi connectivity index (χ1v) is 5.71. The predicted octanol–water partition coefficient (Wildman–Crippen LogP) is 2.48. The van der Waals surface area contributed by atoms with Gasteiger partial charge in [0.15, 0.2) is 0 Å². The van der Waals surface area contributed by atoms with Gasteiger partial charge in [0.1, 0.15) is 5.75 Å². The maximum Gasteiger partial charge on any atom is 0.248 e. The highest BCUT2D eigenvalue weighted by Crippen LogP contribution is 2.28. The number of hydrogen-bond donors (Lipinski definition) is 1. The van der Waals surface area contributed by atoms with E-state index in [0.29, 0.717) is 17.4 Å². The van der Waals surface area contributed by atoms with Gasteiger partial charge in [-0.1, -0.05) is 15.9 Å². The monoisotopic (exact) mass is 269 g/mol. The van der Waals surface area contributed by atoms with Crippen molar-refractivity contribution >= 4 is 21.8 Å². The highest BCUT2D eigenvalue weighted by atomic mass is 79.9. The van der Waals surface area contributed by atoms with Gasteiger partial charge in [-0.05, 0) is 37.5 Å². The minimum absolute atomic E-state index is 0.306. The number of amides is 1. The normalized spacial score (nSPS) is 15.8. The Bertz CT molecular complexity index is 388. The maximum absolute atomic E-state index is 11.0. The van der Waals surface area contributed by atoms with Crippen LogP contribution in [0.15, 0.2) is 22.7 Å². The Hall–Kier alpha value is -1.03. The van der Waals surface area contributed by atoms with Gasteiger partial charge in [0, 0.05) is 10.0 Å². The number of nitrogens with two attached hydrogens (primary N) is 1. The number of rotatable bonds is 3. The van der Waals surface area contributed by atoms with Crippen molar-refractivity contribution in [1.82, 2.24) is 0 Å². The van der Waals surface area contributed by atoms with Gasteiger partial charge in [0.2, 0.25) is 5.91 Å². The molecule has 2 N–H and O–H groups in total. The summed E-state index contributed by atoms with van der Waals surface area (Å²) in [6.07, 6.45) is 3.72. The largest absolute Gasteiger partial charge is 0.490 e. The average Bonchev–Trinajstić information content (AvgIpc) is 2.10. The lowest BCUT2D eigenvalue weighted by atomic mass is 9.96. The second kappa shape index (κ2) is 4.23. The predicted molar refractivity (Wildman–Crippen MR) is 60.9 cm³/mol. The number of halogens is 1. The van der Waals surface area contributed by atoms with Crippen LogP contribution in [0.4, 0.5) is 0 Å². The number of primary amides is 1. The molecule has 1 aliphatic carbocycles. The molecule has 0 heterocycles. The van der Waals surface area contributed by atoms with E-state index in [4.69, 9.17) is 10.5 Å². The van der Waals surface area contributed by atoms with Crippen molar-refractivity contribution in [3.8, 4) is 5.75 Å². The fourth-order valence-electron chi connectivity index (χ4n) is 1.45. The molecule has 0 saturated heterocycles. The smallest absolute Gasteiger partial charge is 0.248 e. The van der Waals surface area contributed by atoms with Gasteiger partial charge in [-0.25, -0.2) is 0 Å². The molecule has 1 amide bonds. The van der Waals surface area contributed by atoms with Crippen LogP contribution < -0.4 is 10.5 Å². The van der Waals surface area contributed by atoms with E-state index in [2.05, 4.69) is 15.9 Å². The molecule has 1 aliphatic rings. The average molecular weight is 270 g/mol. The number of carbonyl (C=O) groups excluding carboxylic acids is 1. The third-order valence-corrected chi connectivity index (χ3v) is 2.97. The van der Waals surface area contributed by atoms with Crippen LogP contribution in [0.3, 0.4) is 0 Å².